The molecule has 1 unspecified atom stereocenters. The molecule has 0 radical (unpaired) electrons. The Kier molecular flexibility index (Phi) is 8.40. The first-order chi connectivity index (χ1) is 10.1. The lowest BCUT2D eigenvalue weighted by atomic mass is 10.0. The van der Waals surface area contributed by atoms with Gasteiger partial charge in [-0.25, -0.2) is 0 Å². The fourth-order valence-electron chi connectivity index (χ4n) is 2.50. The molecule has 0 saturated carbocycles. The lowest BCUT2D eigenvalue weighted by Gasteiger charge is -2.19. The summed E-state index contributed by atoms with van der Waals surface area (Å²) in [6.45, 7) is 13.9. The maximum absolute atomic E-state index is 10.4. The van der Waals surface area contributed by atoms with E-state index in [0.717, 1.165) is 36.3 Å². The molecule has 0 bridgehead atoms. The molecule has 1 N–H and O–H groups in total. The van der Waals surface area contributed by atoms with Crippen molar-refractivity contribution in [2.45, 2.75) is 52.6 Å². The molecule has 1 heterocycles. The summed E-state index contributed by atoms with van der Waals surface area (Å²) in [5.74, 6) is 0.783. The topological polar surface area (TPSA) is 32.7 Å². The number of allylic oxidation sites excluding steroid dienone is 2. The summed E-state index contributed by atoms with van der Waals surface area (Å²) in [5.41, 5.74) is 1.82. The molecule has 0 aromatic heterocycles. The number of aliphatic hydroxyl groups is 1. The molecule has 1 atom stereocenters. The van der Waals surface area contributed by atoms with Gasteiger partial charge in [0.25, 0.3) is 0 Å². The largest absolute Gasteiger partial charge is 0.493 e. The van der Waals surface area contributed by atoms with E-state index < -0.39 is 6.10 Å². The Bertz CT molecular complexity index is 379. The Morgan fingerprint density at radius 2 is 2.05 bits per heavy atom. The van der Waals surface area contributed by atoms with Gasteiger partial charge in [0, 0.05) is 6.54 Å². The molecule has 0 spiro atoms. The molecule has 120 valence electrons. The molecule has 0 aromatic carbocycles. The van der Waals surface area contributed by atoms with Crippen LogP contribution in [0.25, 0.3) is 0 Å². The molecule has 1 fully saturated rings. The van der Waals surface area contributed by atoms with Crippen molar-refractivity contribution in [2.75, 3.05) is 26.2 Å². The SMILES string of the molecule is C=C(C)C(=CC(=CC)C(O)CCN1CCCC1)OCCC. The van der Waals surface area contributed by atoms with Gasteiger partial charge in [-0.1, -0.05) is 19.6 Å². The van der Waals surface area contributed by atoms with Gasteiger partial charge < -0.3 is 14.7 Å². The Morgan fingerprint density at radius 3 is 2.57 bits per heavy atom. The van der Waals surface area contributed by atoms with Crippen LogP contribution in [-0.4, -0.2) is 42.4 Å². The highest BCUT2D eigenvalue weighted by Gasteiger charge is 2.15. The predicted molar refractivity (Wildman–Crippen MR) is 89.2 cm³/mol. The fourth-order valence-corrected chi connectivity index (χ4v) is 2.50. The average molecular weight is 293 g/mol. The minimum Gasteiger partial charge on any atom is -0.493 e. The average Bonchev–Trinajstić information content (AvgIpc) is 2.98. The summed E-state index contributed by atoms with van der Waals surface area (Å²) in [7, 11) is 0. The van der Waals surface area contributed by atoms with Crippen LogP contribution in [0.15, 0.2) is 35.6 Å². The zero-order chi connectivity index (χ0) is 15.7. The number of ether oxygens (including phenoxy) is 1. The second-order valence-electron chi connectivity index (χ2n) is 5.78. The predicted octanol–water partition coefficient (Wildman–Crippen LogP) is 3.67. The van der Waals surface area contributed by atoms with Gasteiger partial charge in [-0.15, -0.1) is 0 Å². The number of nitrogens with zero attached hydrogens (tertiary/aromatic N) is 1. The minimum absolute atomic E-state index is 0.435. The summed E-state index contributed by atoms with van der Waals surface area (Å²) in [6, 6.07) is 0. The molecule has 0 aromatic rings. The molecule has 1 aliphatic heterocycles. The van der Waals surface area contributed by atoms with E-state index >= 15 is 0 Å². The van der Waals surface area contributed by atoms with Crippen LogP contribution in [0.2, 0.25) is 0 Å². The zero-order valence-electron chi connectivity index (χ0n) is 13.9. The standard InChI is InChI=1S/C18H31NO2/c1-5-13-21-18(15(3)4)14-16(6-2)17(20)9-12-19-10-7-8-11-19/h6,14,17,20H,3,5,7-13H2,1-2,4H3. The number of aliphatic hydroxyl groups excluding tert-OH is 1. The van der Waals surface area contributed by atoms with Crippen LogP contribution < -0.4 is 0 Å². The Morgan fingerprint density at radius 1 is 1.38 bits per heavy atom. The Labute approximate surface area is 130 Å². The van der Waals surface area contributed by atoms with Crippen molar-refractivity contribution in [3.8, 4) is 0 Å². The zero-order valence-corrected chi connectivity index (χ0v) is 13.9. The van der Waals surface area contributed by atoms with Crippen molar-refractivity contribution < 1.29 is 9.84 Å². The van der Waals surface area contributed by atoms with E-state index in [4.69, 9.17) is 4.74 Å². The monoisotopic (exact) mass is 293 g/mol. The third kappa shape index (κ3) is 6.49. The van der Waals surface area contributed by atoms with Crippen LogP contribution in [0.4, 0.5) is 0 Å². The number of rotatable bonds is 9. The highest BCUT2D eigenvalue weighted by atomic mass is 16.5. The molecule has 1 rings (SSSR count). The lowest BCUT2D eigenvalue weighted by Crippen LogP contribution is -2.25. The van der Waals surface area contributed by atoms with E-state index in [1.165, 1.54) is 25.9 Å². The highest BCUT2D eigenvalue weighted by Crippen LogP contribution is 2.18. The molecule has 21 heavy (non-hydrogen) atoms. The van der Waals surface area contributed by atoms with Crippen molar-refractivity contribution in [3.63, 3.8) is 0 Å². The van der Waals surface area contributed by atoms with E-state index in [1.807, 2.05) is 26.0 Å². The molecular weight excluding hydrogens is 262 g/mol. The third-order valence-corrected chi connectivity index (χ3v) is 3.82. The van der Waals surface area contributed by atoms with Crippen molar-refractivity contribution in [2.24, 2.45) is 0 Å². The van der Waals surface area contributed by atoms with Crippen LogP contribution in [0, 0.1) is 0 Å². The molecule has 0 aliphatic carbocycles. The Hall–Kier alpha value is -1.06. The summed E-state index contributed by atoms with van der Waals surface area (Å²) in [5, 5.41) is 10.4. The quantitative estimate of drug-likeness (QED) is 0.520. The van der Waals surface area contributed by atoms with Gasteiger partial charge in [-0.05, 0) is 69.8 Å². The van der Waals surface area contributed by atoms with Crippen LogP contribution in [0.5, 0.6) is 0 Å². The van der Waals surface area contributed by atoms with Crippen molar-refractivity contribution in [3.05, 3.63) is 35.6 Å². The van der Waals surface area contributed by atoms with E-state index in [-0.39, 0.29) is 0 Å². The van der Waals surface area contributed by atoms with Crippen molar-refractivity contribution >= 4 is 0 Å². The van der Waals surface area contributed by atoms with Crippen molar-refractivity contribution in [1.82, 2.24) is 4.90 Å². The fraction of sp³-hybridized carbons (Fsp3) is 0.667. The van der Waals surface area contributed by atoms with Crippen LogP contribution in [0.1, 0.15) is 46.5 Å². The van der Waals surface area contributed by atoms with Gasteiger partial charge >= 0.3 is 0 Å². The normalized spacial score (nSPS) is 18.9. The van der Waals surface area contributed by atoms with Crippen LogP contribution in [0.3, 0.4) is 0 Å². The third-order valence-electron chi connectivity index (χ3n) is 3.82. The lowest BCUT2D eigenvalue weighted by molar-refractivity contribution is 0.178. The molecular formula is C18H31NO2. The second-order valence-corrected chi connectivity index (χ2v) is 5.78. The molecule has 3 heteroatoms. The Balaban J connectivity index is 2.59. The van der Waals surface area contributed by atoms with E-state index in [2.05, 4.69) is 18.4 Å². The maximum atomic E-state index is 10.4. The number of hydrogen-bond acceptors (Lipinski definition) is 3. The molecule has 0 amide bonds. The summed E-state index contributed by atoms with van der Waals surface area (Å²) >= 11 is 0. The maximum Gasteiger partial charge on any atom is 0.121 e. The number of hydrogen-bond donors (Lipinski definition) is 1. The van der Waals surface area contributed by atoms with Gasteiger partial charge in [0.15, 0.2) is 0 Å². The smallest absolute Gasteiger partial charge is 0.121 e. The number of likely N-dealkylation sites (tertiary alicyclic amines) is 1. The van der Waals surface area contributed by atoms with Crippen LogP contribution >= 0.6 is 0 Å². The highest BCUT2D eigenvalue weighted by molar-refractivity contribution is 5.32. The van der Waals surface area contributed by atoms with Gasteiger partial charge in [-0.2, -0.15) is 0 Å². The van der Waals surface area contributed by atoms with Crippen LogP contribution in [-0.2, 0) is 4.74 Å². The minimum atomic E-state index is -0.435. The summed E-state index contributed by atoms with van der Waals surface area (Å²) < 4.78 is 5.71. The van der Waals surface area contributed by atoms with Gasteiger partial charge in [0.2, 0.25) is 0 Å². The first kappa shape index (κ1) is 18.0. The molecule has 3 nitrogen and oxygen atoms in total. The molecule has 1 saturated heterocycles. The van der Waals surface area contributed by atoms with Gasteiger partial charge in [0.05, 0.1) is 12.7 Å². The summed E-state index contributed by atoms with van der Waals surface area (Å²) in [6.07, 6.45) is 7.78. The van der Waals surface area contributed by atoms with E-state index in [0.29, 0.717) is 6.61 Å². The van der Waals surface area contributed by atoms with Gasteiger partial charge in [0.1, 0.15) is 5.76 Å². The van der Waals surface area contributed by atoms with E-state index in [9.17, 15) is 5.11 Å². The van der Waals surface area contributed by atoms with Crippen molar-refractivity contribution in [1.29, 1.82) is 0 Å². The van der Waals surface area contributed by atoms with Gasteiger partial charge in [-0.3, -0.25) is 0 Å². The second kappa shape index (κ2) is 9.80. The summed E-state index contributed by atoms with van der Waals surface area (Å²) in [4.78, 5) is 2.42. The first-order valence-corrected chi connectivity index (χ1v) is 8.15. The molecule has 1 aliphatic rings. The first-order valence-electron chi connectivity index (χ1n) is 8.15. The van der Waals surface area contributed by atoms with E-state index in [1.54, 1.807) is 0 Å².